The van der Waals surface area contributed by atoms with E-state index in [1.807, 2.05) is 6.92 Å². The van der Waals surface area contributed by atoms with Gasteiger partial charge in [0.1, 0.15) is 0 Å². The SMILES string of the molecule is Cc1ccc(S(=O)(=O)NC(=O)C(c2ccc3c(c2)OCO3)c2cn(C)c3cc(C(=O)O)ccc23)cc1. The number of ether oxygens (including phenoxy) is 2. The summed E-state index contributed by atoms with van der Waals surface area (Å²) in [7, 11) is -2.42. The Morgan fingerprint density at radius 1 is 1.00 bits per heavy atom. The predicted molar refractivity (Wildman–Crippen MR) is 131 cm³/mol. The molecule has 1 aliphatic rings. The second-order valence-corrected chi connectivity index (χ2v) is 10.2. The lowest BCUT2D eigenvalue weighted by Crippen LogP contribution is -2.35. The van der Waals surface area contributed by atoms with Gasteiger partial charge in [-0.15, -0.1) is 0 Å². The van der Waals surface area contributed by atoms with E-state index in [-0.39, 0.29) is 17.3 Å². The smallest absolute Gasteiger partial charge is 0.335 e. The van der Waals surface area contributed by atoms with Crippen LogP contribution in [0.15, 0.2) is 71.8 Å². The molecule has 2 N–H and O–H groups in total. The summed E-state index contributed by atoms with van der Waals surface area (Å²) in [5.74, 6) is -1.91. The van der Waals surface area contributed by atoms with Gasteiger partial charge in [0.2, 0.25) is 12.7 Å². The molecule has 1 aliphatic heterocycles. The van der Waals surface area contributed by atoms with Gasteiger partial charge in [0.15, 0.2) is 11.5 Å². The van der Waals surface area contributed by atoms with Gasteiger partial charge in [-0.1, -0.05) is 29.8 Å². The highest BCUT2D eigenvalue weighted by Gasteiger charge is 2.31. The quantitative estimate of drug-likeness (QED) is 0.410. The summed E-state index contributed by atoms with van der Waals surface area (Å²) in [6.07, 6.45) is 1.70. The molecule has 1 atom stereocenters. The summed E-state index contributed by atoms with van der Waals surface area (Å²) in [4.78, 5) is 25.1. The molecule has 184 valence electrons. The average molecular weight is 507 g/mol. The number of benzene rings is 3. The molecule has 0 aliphatic carbocycles. The van der Waals surface area contributed by atoms with Crippen LogP contribution in [0.2, 0.25) is 0 Å². The summed E-state index contributed by atoms with van der Waals surface area (Å²) >= 11 is 0. The Labute approximate surface area is 206 Å². The minimum atomic E-state index is -4.15. The number of carbonyl (C=O) groups is 2. The summed E-state index contributed by atoms with van der Waals surface area (Å²) in [6, 6.07) is 15.8. The molecule has 0 saturated heterocycles. The van der Waals surface area contributed by atoms with Crippen molar-refractivity contribution in [2.24, 2.45) is 7.05 Å². The summed E-state index contributed by atoms with van der Waals surface area (Å²) in [6.45, 7) is 1.88. The number of carboxylic acid groups (broad SMARTS) is 1. The van der Waals surface area contributed by atoms with Crippen LogP contribution in [0.3, 0.4) is 0 Å². The lowest BCUT2D eigenvalue weighted by atomic mass is 9.90. The van der Waals surface area contributed by atoms with Crippen LogP contribution in [0.4, 0.5) is 0 Å². The van der Waals surface area contributed by atoms with E-state index in [9.17, 15) is 23.1 Å². The van der Waals surface area contributed by atoms with E-state index >= 15 is 0 Å². The number of sulfonamides is 1. The molecule has 0 spiro atoms. The van der Waals surface area contributed by atoms with Crippen molar-refractivity contribution >= 4 is 32.8 Å². The number of aryl methyl sites for hydroxylation is 2. The third-order valence-electron chi connectivity index (χ3n) is 6.14. The molecule has 1 aromatic heterocycles. The van der Waals surface area contributed by atoms with Gasteiger partial charge >= 0.3 is 5.97 Å². The molecule has 10 heteroatoms. The monoisotopic (exact) mass is 506 g/mol. The highest BCUT2D eigenvalue weighted by Crippen LogP contribution is 2.39. The van der Waals surface area contributed by atoms with Gasteiger partial charge in [0.25, 0.3) is 10.0 Å². The van der Waals surface area contributed by atoms with Crippen molar-refractivity contribution in [3.63, 3.8) is 0 Å². The Bertz CT molecular complexity index is 1620. The first-order chi connectivity index (χ1) is 17.1. The van der Waals surface area contributed by atoms with E-state index in [1.54, 1.807) is 54.2 Å². The molecule has 2 heterocycles. The van der Waals surface area contributed by atoms with E-state index in [1.165, 1.54) is 24.3 Å². The first-order valence-electron chi connectivity index (χ1n) is 11.0. The molecule has 0 bridgehead atoms. The van der Waals surface area contributed by atoms with Crippen molar-refractivity contribution in [3.8, 4) is 11.5 Å². The van der Waals surface area contributed by atoms with Crippen LogP contribution in [0, 0.1) is 6.92 Å². The summed E-state index contributed by atoms with van der Waals surface area (Å²) in [5.41, 5.74) is 2.58. The zero-order chi connectivity index (χ0) is 25.6. The average Bonchev–Trinajstić information content (AvgIpc) is 3.43. The van der Waals surface area contributed by atoms with Crippen molar-refractivity contribution in [1.29, 1.82) is 0 Å². The Balaban J connectivity index is 1.62. The van der Waals surface area contributed by atoms with Crippen molar-refractivity contribution in [3.05, 3.63) is 89.1 Å². The van der Waals surface area contributed by atoms with E-state index in [0.29, 0.717) is 33.5 Å². The zero-order valence-electron chi connectivity index (χ0n) is 19.4. The molecule has 1 unspecified atom stereocenters. The molecular weight excluding hydrogens is 484 g/mol. The number of carboxylic acids is 1. The van der Waals surface area contributed by atoms with Gasteiger partial charge in [-0.25, -0.2) is 17.9 Å². The van der Waals surface area contributed by atoms with Crippen LogP contribution in [-0.2, 0) is 21.9 Å². The first-order valence-corrected chi connectivity index (χ1v) is 12.5. The zero-order valence-corrected chi connectivity index (χ0v) is 20.2. The van der Waals surface area contributed by atoms with Crippen LogP contribution in [0.5, 0.6) is 11.5 Å². The van der Waals surface area contributed by atoms with Gasteiger partial charge in [0.05, 0.1) is 16.4 Å². The number of carbonyl (C=O) groups excluding carboxylic acids is 1. The standard InChI is InChI=1S/C26H22N2O7S/c1-15-3-7-18(8-4-15)36(32,33)27-25(29)24(16-6-10-22-23(12-16)35-14-34-22)20-13-28(2)21-11-17(26(30)31)5-9-19(20)21/h3-13,24H,14H2,1-2H3,(H,27,29)(H,30,31). The van der Waals surface area contributed by atoms with E-state index < -0.39 is 27.8 Å². The Morgan fingerprint density at radius 2 is 1.72 bits per heavy atom. The highest BCUT2D eigenvalue weighted by molar-refractivity contribution is 7.90. The molecule has 0 fully saturated rings. The van der Waals surface area contributed by atoms with Crippen molar-refractivity contribution in [2.45, 2.75) is 17.7 Å². The van der Waals surface area contributed by atoms with Gasteiger partial charge in [-0.3, -0.25) is 4.79 Å². The van der Waals surface area contributed by atoms with Crippen LogP contribution in [-0.4, -0.2) is 36.8 Å². The van der Waals surface area contributed by atoms with Gasteiger partial charge in [-0.05, 0) is 54.4 Å². The fourth-order valence-electron chi connectivity index (χ4n) is 4.31. The van der Waals surface area contributed by atoms with Gasteiger partial charge in [0, 0.05) is 24.1 Å². The molecule has 5 rings (SSSR count). The van der Waals surface area contributed by atoms with E-state index in [2.05, 4.69) is 4.72 Å². The minimum absolute atomic E-state index is 0.0325. The molecule has 4 aromatic rings. The maximum absolute atomic E-state index is 13.7. The van der Waals surface area contributed by atoms with Gasteiger partial charge < -0.3 is 19.1 Å². The minimum Gasteiger partial charge on any atom is -0.478 e. The number of amides is 1. The number of rotatable bonds is 6. The number of nitrogens with one attached hydrogen (secondary N) is 1. The van der Waals surface area contributed by atoms with Crippen LogP contribution in [0.25, 0.3) is 10.9 Å². The summed E-state index contributed by atoms with van der Waals surface area (Å²) < 4.78 is 40.9. The normalized spacial score (nSPS) is 13.5. The van der Waals surface area contributed by atoms with Crippen LogP contribution >= 0.6 is 0 Å². The van der Waals surface area contributed by atoms with Crippen LogP contribution in [0.1, 0.15) is 33.0 Å². The lowest BCUT2D eigenvalue weighted by Gasteiger charge is -2.18. The van der Waals surface area contributed by atoms with E-state index in [0.717, 1.165) is 5.56 Å². The molecule has 36 heavy (non-hydrogen) atoms. The van der Waals surface area contributed by atoms with Crippen molar-refractivity contribution < 1.29 is 32.6 Å². The maximum Gasteiger partial charge on any atom is 0.335 e. The number of fused-ring (bicyclic) bond motifs is 2. The largest absolute Gasteiger partial charge is 0.478 e. The Kier molecular flexibility index (Phi) is 5.68. The lowest BCUT2D eigenvalue weighted by molar-refractivity contribution is -0.119. The molecule has 1 amide bonds. The number of aromatic nitrogens is 1. The van der Waals surface area contributed by atoms with Crippen LogP contribution < -0.4 is 14.2 Å². The number of hydrogen-bond donors (Lipinski definition) is 2. The van der Waals surface area contributed by atoms with Crippen molar-refractivity contribution in [1.82, 2.24) is 9.29 Å². The number of aromatic carboxylic acids is 1. The fraction of sp³-hybridized carbons (Fsp3) is 0.154. The molecule has 0 radical (unpaired) electrons. The highest BCUT2D eigenvalue weighted by atomic mass is 32.2. The Hall–Kier alpha value is -4.31. The number of nitrogens with zero attached hydrogens (tertiary/aromatic N) is 1. The molecular formula is C26H22N2O7S. The Morgan fingerprint density at radius 3 is 2.44 bits per heavy atom. The molecule has 0 saturated carbocycles. The molecule has 3 aromatic carbocycles. The molecule has 9 nitrogen and oxygen atoms in total. The first kappa shape index (κ1) is 23.4. The van der Waals surface area contributed by atoms with E-state index in [4.69, 9.17) is 9.47 Å². The maximum atomic E-state index is 13.7. The second kappa shape index (κ2) is 8.72. The third kappa shape index (κ3) is 4.16. The third-order valence-corrected chi connectivity index (χ3v) is 7.50. The second-order valence-electron chi connectivity index (χ2n) is 8.56. The van der Waals surface area contributed by atoms with Gasteiger partial charge in [-0.2, -0.15) is 0 Å². The number of hydrogen-bond acceptors (Lipinski definition) is 6. The van der Waals surface area contributed by atoms with Crippen molar-refractivity contribution in [2.75, 3.05) is 6.79 Å². The summed E-state index contributed by atoms with van der Waals surface area (Å²) in [5, 5.41) is 10.0. The topological polar surface area (TPSA) is 124 Å². The fourth-order valence-corrected chi connectivity index (χ4v) is 5.31. The predicted octanol–water partition coefficient (Wildman–Crippen LogP) is 3.55.